The lowest BCUT2D eigenvalue weighted by molar-refractivity contribution is 0.340. The number of ether oxygens (including phenoxy) is 1. The molecular formula is C23H28Cl2N6O. The SMILES string of the molecule is CCOc1cc(Cl)c(-c2c(C)nn3c(NCCNC4CC=CCC4)nc(C)nc23)c(Cl)c1. The van der Waals surface area contributed by atoms with Gasteiger partial charge in [0.25, 0.3) is 0 Å². The quantitative estimate of drug-likeness (QED) is 0.344. The Kier molecular flexibility index (Phi) is 7.18. The van der Waals surface area contributed by atoms with E-state index >= 15 is 0 Å². The summed E-state index contributed by atoms with van der Waals surface area (Å²) < 4.78 is 7.29. The van der Waals surface area contributed by atoms with Gasteiger partial charge in [-0.25, -0.2) is 4.98 Å². The zero-order chi connectivity index (χ0) is 22.7. The number of fused-ring (bicyclic) bond motifs is 1. The first-order valence-electron chi connectivity index (χ1n) is 11.0. The summed E-state index contributed by atoms with van der Waals surface area (Å²) in [4.78, 5) is 9.22. The van der Waals surface area contributed by atoms with Crippen LogP contribution in [0.1, 0.15) is 37.7 Å². The lowest BCUT2D eigenvalue weighted by Crippen LogP contribution is -2.33. The van der Waals surface area contributed by atoms with E-state index in [1.165, 1.54) is 6.42 Å². The molecule has 0 radical (unpaired) electrons. The van der Waals surface area contributed by atoms with Crippen LogP contribution in [-0.4, -0.2) is 45.3 Å². The maximum Gasteiger partial charge on any atom is 0.227 e. The maximum atomic E-state index is 6.62. The minimum atomic E-state index is 0.496. The van der Waals surface area contributed by atoms with Crippen LogP contribution in [0.5, 0.6) is 5.75 Å². The van der Waals surface area contributed by atoms with Crippen molar-refractivity contribution in [3.63, 3.8) is 0 Å². The second-order valence-corrected chi connectivity index (χ2v) is 8.66. The van der Waals surface area contributed by atoms with Gasteiger partial charge in [0, 0.05) is 24.7 Å². The van der Waals surface area contributed by atoms with Crippen LogP contribution in [0.15, 0.2) is 24.3 Å². The molecule has 1 aliphatic carbocycles. The molecule has 170 valence electrons. The van der Waals surface area contributed by atoms with Crippen LogP contribution in [0.25, 0.3) is 16.8 Å². The molecule has 7 nitrogen and oxygen atoms in total. The number of hydrogen-bond donors (Lipinski definition) is 2. The molecule has 4 rings (SSSR count). The average molecular weight is 475 g/mol. The molecule has 32 heavy (non-hydrogen) atoms. The number of nitrogens with one attached hydrogen (secondary N) is 2. The van der Waals surface area contributed by atoms with Crippen molar-refractivity contribution in [2.24, 2.45) is 0 Å². The molecule has 1 unspecified atom stereocenters. The summed E-state index contributed by atoms with van der Waals surface area (Å²) in [5.41, 5.74) is 2.92. The molecule has 1 aromatic carbocycles. The molecule has 0 saturated carbocycles. The average Bonchev–Trinajstić information content (AvgIpc) is 3.07. The first-order chi connectivity index (χ1) is 15.5. The van der Waals surface area contributed by atoms with Crippen LogP contribution in [0.4, 0.5) is 5.95 Å². The molecule has 0 aliphatic heterocycles. The van der Waals surface area contributed by atoms with Gasteiger partial charge in [0.1, 0.15) is 11.6 Å². The lowest BCUT2D eigenvalue weighted by atomic mass is 10.0. The van der Waals surface area contributed by atoms with Crippen LogP contribution < -0.4 is 15.4 Å². The third-order valence-corrected chi connectivity index (χ3v) is 6.06. The van der Waals surface area contributed by atoms with Crippen LogP contribution in [-0.2, 0) is 0 Å². The second kappa shape index (κ2) is 10.1. The fraction of sp³-hybridized carbons (Fsp3) is 0.435. The van der Waals surface area contributed by atoms with Gasteiger partial charge in [-0.3, -0.25) is 0 Å². The van der Waals surface area contributed by atoms with Crippen molar-refractivity contribution in [2.75, 3.05) is 25.0 Å². The summed E-state index contributed by atoms with van der Waals surface area (Å²) in [7, 11) is 0. The highest BCUT2D eigenvalue weighted by atomic mass is 35.5. The zero-order valence-corrected chi connectivity index (χ0v) is 20.1. The molecule has 9 heteroatoms. The number of anilines is 1. The van der Waals surface area contributed by atoms with Gasteiger partial charge in [0.2, 0.25) is 5.95 Å². The van der Waals surface area contributed by atoms with Crippen LogP contribution in [0.2, 0.25) is 10.0 Å². The highest BCUT2D eigenvalue weighted by Gasteiger charge is 2.22. The van der Waals surface area contributed by atoms with Gasteiger partial charge >= 0.3 is 0 Å². The van der Waals surface area contributed by atoms with Crippen molar-refractivity contribution in [3.8, 4) is 16.9 Å². The van der Waals surface area contributed by atoms with E-state index in [1.807, 2.05) is 20.8 Å². The van der Waals surface area contributed by atoms with Crippen molar-refractivity contribution >= 4 is 34.8 Å². The Morgan fingerprint density at radius 1 is 1.09 bits per heavy atom. The Bertz CT molecular complexity index is 1120. The fourth-order valence-electron chi connectivity index (χ4n) is 4.02. The molecule has 2 heterocycles. The summed E-state index contributed by atoms with van der Waals surface area (Å²) in [6.07, 6.45) is 7.90. The van der Waals surface area contributed by atoms with Gasteiger partial charge in [0.15, 0.2) is 5.65 Å². The summed E-state index contributed by atoms with van der Waals surface area (Å²) in [5.74, 6) is 1.92. The van der Waals surface area contributed by atoms with Gasteiger partial charge in [-0.1, -0.05) is 35.4 Å². The number of hydrogen-bond acceptors (Lipinski definition) is 6. The van der Waals surface area contributed by atoms with Gasteiger partial charge in [-0.05, 0) is 52.2 Å². The second-order valence-electron chi connectivity index (χ2n) is 7.85. The Morgan fingerprint density at radius 3 is 2.56 bits per heavy atom. The Hall–Kier alpha value is -2.35. The third kappa shape index (κ3) is 4.85. The molecular weight excluding hydrogens is 447 g/mol. The molecule has 1 atom stereocenters. The molecule has 0 saturated heterocycles. The number of benzene rings is 1. The van der Waals surface area contributed by atoms with Crippen molar-refractivity contribution in [2.45, 2.75) is 46.1 Å². The summed E-state index contributed by atoms with van der Waals surface area (Å²) >= 11 is 13.2. The molecule has 0 fully saturated rings. The minimum Gasteiger partial charge on any atom is -0.494 e. The molecule has 2 N–H and O–H groups in total. The van der Waals surface area contributed by atoms with E-state index in [1.54, 1.807) is 16.6 Å². The summed E-state index contributed by atoms with van der Waals surface area (Å²) in [6, 6.07) is 4.08. The lowest BCUT2D eigenvalue weighted by Gasteiger charge is -2.19. The standard InChI is InChI=1S/C23H28Cl2N6O/c1-4-32-17-12-18(24)21(19(25)13-17)20-14(2)30-31-22(20)28-15(3)29-23(31)27-11-10-26-16-8-6-5-7-9-16/h5-6,12-13,16,26H,4,7-11H2,1-3H3,(H,27,28,29). The predicted molar refractivity (Wildman–Crippen MR) is 130 cm³/mol. The number of nitrogens with zero attached hydrogens (tertiary/aromatic N) is 4. The monoisotopic (exact) mass is 474 g/mol. The van der Waals surface area contributed by atoms with Crippen molar-refractivity contribution < 1.29 is 4.74 Å². The Balaban J connectivity index is 1.61. The highest BCUT2D eigenvalue weighted by Crippen LogP contribution is 2.41. The highest BCUT2D eigenvalue weighted by molar-refractivity contribution is 6.39. The molecule has 2 aromatic heterocycles. The first-order valence-corrected chi connectivity index (χ1v) is 11.7. The molecule has 3 aromatic rings. The van der Waals surface area contributed by atoms with Crippen molar-refractivity contribution in [3.05, 3.63) is 45.8 Å². The number of rotatable bonds is 8. The number of allylic oxidation sites excluding steroid dienone is 1. The fourth-order valence-corrected chi connectivity index (χ4v) is 4.68. The maximum absolute atomic E-state index is 6.62. The molecule has 1 aliphatic rings. The Labute approximate surface area is 198 Å². The van der Waals surface area contributed by atoms with Gasteiger partial charge < -0.3 is 15.4 Å². The first kappa shape index (κ1) is 22.8. The van der Waals surface area contributed by atoms with E-state index in [9.17, 15) is 0 Å². The van der Waals surface area contributed by atoms with E-state index in [4.69, 9.17) is 33.0 Å². The van der Waals surface area contributed by atoms with E-state index in [0.29, 0.717) is 51.4 Å². The van der Waals surface area contributed by atoms with E-state index < -0.39 is 0 Å². The number of halogens is 2. The minimum absolute atomic E-state index is 0.496. The normalized spacial score (nSPS) is 16.0. The summed E-state index contributed by atoms with van der Waals surface area (Å²) in [6.45, 7) is 7.81. The van der Waals surface area contributed by atoms with Gasteiger partial charge in [0.05, 0.1) is 27.9 Å². The summed E-state index contributed by atoms with van der Waals surface area (Å²) in [5, 5.41) is 12.7. The van der Waals surface area contributed by atoms with Crippen LogP contribution >= 0.6 is 23.2 Å². The van der Waals surface area contributed by atoms with E-state index in [0.717, 1.165) is 37.2 Å². The van der Waals surface area contributed by atoms with E-state index in [2.05, 4.69) is 32.8 Å². The smallest absolute Gasteiger partial charge is 0.227 e. The topological polar surface area (TPSA) is 76.4 Å². The van der Waals surface area contributed by atoms with E-state index in [-0.39, 0.29) is 0 Å². The Morgan fingerprint density at radius 2 is 1.88 bits per heavy atom. The number of aryl methyl sites for hydroxylation is 2. The predicted octanol–water partition coefficient (Wildman–Crippen LogP) is 5.22. The van der Waals surface area contributed by atoms with Gasteiger partial charge in [-0.15, -0.1) is 0 Å². The number of aromatic nitrogens is 4. The van der Waals surface area contributed by atoms with Gasteiger partial charge in [-0.2, -0.15) is 14.6 Å². The van der Waals surface area contributed by atoms with Crippen LogP contribution in [0, 0.1) is 13.8 Å². The zero-order valence-electron chi connectivity index (χ0n) is 18.6. The molecule has 0 bridgehead atoms. The molecule has 0 spiro atoms. The van der Waals surface area contributed by atoms with Crippen LogP contribution in [0.3, 0.4) is 0 Å². The van der Waals surface area contributed by atoms with Crippen molar-refractivity contribution in [1.29, 1.82) is 0 Å². The largest absolute Gasteiger partial charge is 0.494 e. The third-order valence-electron chi connectivity index (χ3n) is 5.46. The molecule has 0 amide bonds. The van der Waals surface area contributed by atoms with Crippen molar-refractivity contribution in [1.82, 2.24) is 24.9 Å².